The Hall–Kier alpha value is -2.43. The Bertz CT molecular complexity index is 656. The highest BCUT2D eigenvalue weighted by molar-refractivity contribution is 6.13. The summed E-state index contributed by atoms with van der Waals surface area (Å²) in [5.41, 5.74) is 7.72. The molecule has 4 rings (SSSR count). The van der Waals surface area contributed by atoms with Gasteiger partial charge in [-0.2, -0.15) is 0 Å². The van der Waals surface area contributed by atoms with Gasteiger partial charge >= 0.3 is 0 Å². The minimum Gasteiger partial charge on any atom is -0.443 e. The highest BCUT2D eigenvalue weighted by atomic mass is 16.5. The van der Waals surface area contributed by atoms with E-state index in [1.54, 1.807) is 6.20 Å². The summed E-state index contributed by atoms with van der Waals surface area (Å²) in [6.07, 6.45) is 7.03. The fourth-order valence-electron chi connectivity index (χ4n) is 2.46. The van der Waals surface area contributed by atoms with Crippen LogP contribution in [0.5, 0.6) is 0 Å². The van der Waals surface area contributed by atoms with Crippen LogP contribution in [0.1, 0.15) is 11.3 Å². The van der Waals surface area contributed by atoms with E-state index in [1.807, 2.05) is 24.3 Å². The molecule has 2 aliphatic heterocycles. The molecule has 0 bridgehead atoms. The molecule has 0 aromatic carbocycles. The highest BCUT2D eigenvalue weighted by Crippen LogP contribution is 2.46. The molecule has 5 heteroatoms. The van der Waals surface area contributed by atoms with Gasteiger partial charge in [-0.3, -0.25) is 4.98 Å². The fraction of sp³-hybridized carbons (Fsp3) is 0.0833. The molecule has 3 heterocycles. The summed E-state index contributed by atoms with van der Waals surface area (Å²) < 4.78 is 5.38. The van der Waals surface area contributed by atoms with Gasteiger partial charge in [-0.15, -0.1) is 0 Å². The van der Waals surface area contributed by atoms with Crippen molar-refractivity contribution in [3.8, 4) is 0 Å². The van der Waals surface area contributed by atoms with Gasteiger partial charge in [0.05, 0.1) is 11.4 Å². The lowest BCUT2D eigenvalue weighted by Crippen LogP contribution is -2.34. The Balaban J connectivity index is 2.11. The summed E-state index contributed by atoms with van der Waals surface area (Å²) in [4.78, 5) is 13.1. The second-order valence-corrected chi connectivity index (χ2v) is 4.05. The molecule has 1 aromatic rings. The number of ether oxygens (including phenoxy) is 1. The average molecular weight is 224 g/mol. The topological polar surface area (TPSA) is 72.9 Å². The van der Waals surface area contributed by atoms with Gasteiger partial charge in [0.25, 0.3) is 0 Å². The molecule has 0 radical (unpaired) electrons. The quantitative estimate of drug-likeness (QED) is 0.712. The molecule has 17 heavy (non-hydrogen) atoms. The molecule has 1 spiro atoms. The first kappa shape index (κ1) is 8.69. The van der Waals surface area contributed by atoms with E-state index in [2.05, 4.69) is 15.0 Å². The van der Waals surface area contributed by atoms with Crippen molar-refractivity contribution in [1.29, 1.82) is 0 Å². The van der Waals surface area contributed by atoms with Gasteiger partial charge < -0.3 is 10.5 Å². The largest absolute Gasteiger partial charge is 0.443 e. The van der Waals surface area contributed by atoms with Crippen molar-refractivity contribution in [2.75, 3.05) is 0 Å². The van der Waals surface area contributed by atoms with Gasteiger partial charge in [-0.1, -0.05) is 12.1 Å². The summed E-state index contributed by atoms with van der Waals surface area (Å²) >= 11 is 0. The lowest BCUT2D eigenvalue weighted by Gasteiger charge is -2.26. The maximum atomic E-state index is 5.86. The van der Waals surface area contributed by atoms with Crippen molar-refractivity contribution in [2.24, 2.45) is 15.7 Å². The zero-order chi connectivity index (χ0) is 11.5. The van der Waals surface area contributed by atoms with E-state index < -0.39 is 5.54 Å². The molecule has 2 N–H and O–H groups in total. The molecule has 1 aromatic heterocycles. The highest BCUT2D eigenvalue weighted by Gasteiger charge is 2.53. The van der Waals surface area contributed by atoms with Crippen LogP contribution in [0.2, 0.25) is 0 Å². The molecular weight excluding hydrogens is 216 g/mol. The SMILES string of the molecule is NC1=C2OC=NC23C(=N1)C=Cc1cccnc13. The average Bonchev–Trinajstić information content (AvgIpc) is 2.88. The third-order valence-corrected chi connectivity index (χ3v) is 3.19. The van der Waals surface area contributed by atoms with Crippen molar-refractivity contribution in [1.82, 2.24) is 4.98 Å². The van der Waals surface area contributed by atoms with E-state index in [9.17, 15) is 0 Å². The zero-order valence-corrected chi connectivity index (χ0v) is 8.79. The molecule has 3 aliphatic rings. The Morgan fingerprint density at radius 1 is 1.29 bits per heavy atom. The second-order valence-electron chi connectivity index (χ2n) is 4.05. The lowest BCUT2D eigenvalue weighted by atomic mass is 9.82. The van der Waals surface area contributed by atoms with Gasteiger partial charge in [-0.25, -0.2) is 9.98 Å². The minimum atomic E-state index is -0.741. The molecule has 1 aliphatic carbocycles. The molecular formula is C12H8N4O. The third-order valence-electron chi connectivity index (χ3n) is 3.19. The maximum absolute atomic E-state index is 5.86. The minimum absolute atomic E-state index is 0.376. The van der Waals surface area contributed by atoms with Crippen LogP contribution in [0.15, 0.2) is 46.0 Å². The van der Waals surface area contributed by atoms with Crippen molar-refractivity contribution in [3.63, 3.8) is 0 Å². The summed E-state index contributed by atoms with van der Waals surface area (Å²) in [6.45, 7) is 0. The van der Waals surface area contributed by atoms with Crippen molar-refractivity contribution >= 4 is 18.2 Å². The van der Waals surface area contributed by atoms with Gasteiger partial charge in [0.15, 0.2) is 18.0 Å². The number of fused-ring (bicyclic) bond motifs is 1. The standard InChI is InChI=1S/C12H8N4O/c13-11-10-12(15-6-17-10)8(16-11)4-3-7-2-1-5-14-9(7)12/h1-6H,13H2. The van der Waals surface area contributed by atoms with E-state index in [0.717, 1.165) is 17.0 Å². The number of nitrogens with zero attached hydrogens (tertiary/aromatic N) is 3. The predicted octanol–water partition coefficient (Wildman–Crippen LogP) is 0.945. The molecule has 82 valence electrons. The predicted molar refractivity (Wildman–Crippen MR) is 63.2 cm³/mol. The van der Waals surface area contributed by atoms with Crippen LogP contribution < -0.4 is 5.73 Å². The summed E-state index contributed by atoms with van der Waals surface area (Å²) in [5.74, 6) is 0.942. The van der Waals surface area contributed by atoms with Gasteiger partial charge in [0.1, 0.15) is 0 Å². The smallest absolute Gasteiger partial charge is 0.209 e. The molecule has 1 unspecified atom stereocenters. The Morgan fingerprint density at radius 2 is 2.24 bits per heavy atom. The van der Waals surface area contributed by atoms with Crippen molar-refractivity contribution < 1.29 is 4.74 Å². The van der Waals surface area contributed by atoms with E-state index in [1.165, 1.54) is 6.40 Å². The number of hydrogen-bond donors (Lipinski definition) is 1. The van der Waals surface area contributed by atoms with Crippen LogP contribution >= 0.6 is 0 Å². The Labute approximate surface area is 97.1 Å². The van der Waals surface area contributed by atoms with Gasteiger partial charge in [-0.05, 0) is 17.7 Å². The van der Waals surface area contributed by atoms with Crippen LogP contribution in [-0.4, -0.2) is 17.1 Å². The summed E-state index contributed by atoms with van der Waals surface area (Å²) in [7, 11) is 0. The number of hydrogen-bond acceptors (Lipinski definition) is 5. The first-order chi connectivity index (χ1) is 8.32. The normalized spacial score (nSPS) is 27.4. The van der Waals surface area contributed by atoms with Crippen LogP contribution in [0.4, 0.5) is 0 Å². The number of nitrogens with two attached hydrogens (primary N) is 1. The van der Waals surface area contributed by atoms with E-state index in [0.29, 0.717) is 11.6 Å². The monoisotopic (exact) mass is 224 g/mol. The van der Waals surface area contributed by atoms with Crippen LogP contribution in [-0.2, 0) is 10.3 Å². The third kappa shape index (κ3) is 0.838. The Morgan fingerprint density at radius 3 is 3.18 bits per heavy atom. The molecule has 1 atom stereocenters. The van der Waals surface area contributed by atoms with Crippen molar-refractivity contribution in [3.05, 3.63) is 47.2 Å². The maximum Gasteiger partial charge on any atom is 0.209 e. The summed E-state index contributed by atoms with van der Waals surface area (Å²) in [6, 6.07) is 3.88. The Kier molecular flexibility index (Phi) is 1.34. The van der Waals surface area contributed by atoms with Crippen LogP contribution in [0, 0.1) is 0 Å². The lowest BCUT2D eigenvalue weighted by molar-refractivity contribution is 0.404. The van der Waals surface area contributed by atoms with Crippen LogP contribution in [0.3, 0.4) is 0 Å². The fourth-order valence-corrected chi connectivity index (χ4v) is 2.46. The van der Waals surface area contributed by atoms with E-state index in [4.69, 9.17) is 10.5 Å². The van der Waals surface area contributed by atoms with Gasteiger partial charge in [0.2, 0.25) is 5.54 Å². The first-order valence-corrected chi connectivity index (χ1v) is 5.26. The number of aliphatic imine (C=N–C) groups is 2. The number of pyridine rings is 1. The number of aromatic nitrogens is 1. The molecule has 5 nitrogen and oxygen atoms in total. The van der Waals surface area contributed by atoms with Crippen molar-refractivity contribution in [2.45, 2.75) is 5.54 Å². The number of rotatable bonds is 0. The first-order valence-electron chi connectivity index (χ1n) is 5.26. The van der Waals surface area contributed by atoms with E-state index >= 15 is 0 Å². The molecule has 0 fully saturated rings. The molecule has 0 saturated carbocycles. The zero-order valence-electron chi connectivity index (χ0n) is 8.79. The summed E-state index contributed by atoms with van der Waals surface area (Å²) in [5, 5.41) is 0. The van der Waals surface area contributed by atoms with E-state index in [-0.39, 0.29) is 0 Å². The molecule has 0 amide bonds. The van der Waals surface area contributed by atoms with Crippen LogP contribution in [0.25, 0.3) is 6.08 Å². The molecule has 0 saturated heterocycles. The second kappa shape index (κ2) is 2.63. The van der Waals surface area contributed by atoms with Gasteiger partial charge in [0, 0.05) is 6.20 Å².